The monoisotopic (exact) mass is 333 g/mol. The van der Waals surface area contributed by atoms with Gasteiger partial charge >= 0.3 is 0 Å². The third-order valence-corrected chi connectivity index (χ3v) is 4.11. The third-order valence-electron chi connectivity index (χ3n) is 3.82. The molecule has 2 aromatic carbocycles. The van der Waals surface area contributed by atoms with Crippen LogP contribution in [0.15, 0.2) is 48.2 Å². The van der Waals surface area contributed by atoms with Gasteiger partial charge in [0.05, 0.1) is 17.3 Å². The molecule has 1 fully saturated rings. The van der Waals surface area contributed by atoms with Gasteiger partial charge in [0.2, 0.25) is 0 Å². The summed E-state index contributed by atoms with van der Waals surface area (Å²) < 4.78 is 0. The highest BCUT2D eigenvalue weighted by Gasteiger charge is 2.32. The number of benzene rings is 2. The van der Waals surface area contributed by atoms with Crippen molar-refractivity contribution in [3.63, 3.8) is 0 Å². The zero-order valence-electron chi connectivity index (χ0n) is 13.3. The smallest absolute Gasteiger partial charge is 0.281 e. The SMILES string of the molecule is Cc1ccc(N2C(=O)/C(=C\c3ccc(C#N)cc3)NC2=S)c(C)c1. The second-order valence-electron chi connectivity index (χ2n) is 5.65. The van der Waals surface area contributed by atoms with Crippen LogP contribution in [0.2, 0.25) is 0 Å². The molecule has 0 aliphatic carbocycles. The van der Waals surface area contributed by atoms with Gasteiger partial charge in [-0.2, -0.15) is 5.26 Å². The highest BCUT2D eigenvalue weighted by Crippen LogP contribution is 2.26. The van der Waals surface area contributed by atoms with Crippen LogP contribution in [0.1, 0.15) is 22.3 Å². The molecule has 0 spiro atoms. The van der Waals surface area contributed by atoms with Crippen molar-refractivity contribution in [2.24, 2.45) is 0 Å². The van der Waals surface area contributed by atoms with E-state index in [1.165, 1.54) is 4.90 Å². The van der Waals surface area contributed by atoms with Crippen molar-refractivity contribution >= 4 is 35.0 Å². The normalized spacial score (nSPS) is 15.5. The van der Waals surface area contributed by atoms with Gasteiger partial charge in [0, 0.05) is 0 Å². The summed E-state index contributed by atoms with van der Waals surface area (Å²) in [5.74, 6) is -0.184. The van der Waals surface area contributed by atoms with E-state index in [1.807, 2.05) is 32.0 Å². The molecule has 1 saturated heterocycles. The molecule has 3 rings (SSSR count). The first-order valence-corrected chi connectivity index (χ1v) is 7.85. The quantitative estimate of drug-likeness (QED) is 0.676. The first-order chi connectivity index (χ1) is 11.5. The van der Waals surface area contributed by atoms with Crippen LogP contribution in [0.25, 0.3) is 6.08 Å². The van der Waals surface area contributed by atoms with Crippen LogP contribution in [0.4, 0.5) is 5.69 Å². The topological polar surface area (TPSA) is 56.1 Å². The second-order valence-corrected chi connectivity index (χ2v) is 6.04. The van der Waals surface area contributed by atoms with Crippen molar-refractivity contribution in [3.8, 4) is 6.07 Å². The predicted molar refractivity (Wildman–Crippen MR) is 98.3 cm³/mol. The summed E-state index contributed by atoms with van der Waals surface area (Å²) in [5, 5.41) is 12.2. The fourth-order valence-electron chi connectivity index (χ4n) is 2.63. The zero-order chi connectivity index (χ0) is 17.3. The number of anilines is 1. The number of nitriles is 1. The van der Waals surface area contributed by atoms with Gasteiger partial charge in [-0.1, -0.05) is 29.8 Å². The van der Waals surface area contributed by atoms with E-state index in [0.29, 0.717) is 16.4 Å². The Hall–Kier alpha value is -2.97. The van der Waals surface area contributed by atoms with E-state index in [-0.39, 0.29) is 5.91 Å². The molecule has 2 aromatic rings. The standard InChI is InChI=1S/C19H15N3OS/c1-12-3-8-17(13(2)9-12)22-18(23)16(21-19(22)24)10-14-4-6-15(11-20)7-5-14/h3-10H,1-2H3,(H,21,24)/b16-10+. The van der Waals surface area contributed by atoms with Gasteiger partial charge in [-0.25, -0.2) is 0 Å². The molecular formula is C19H15N3OS. The second kappa shape index (κ2) is 6.26. The molecule has 1 N–H and O–H groups in total. The lowest BCUT2D eigenvalue weighted by molar-refractivity contribution is -0.113. The molecule has 118 valence electrons. The lowest BCUT2D eigenvalue weighted by Crippen LogP contribution is -2.30. The average molecular weight is 333 g/mol. The molecular weight excluding hydrogens is 318 g/mol. The van der Waals surface area contributed by atoms with Gasteiger partial charge in [0.25, 0.3) is 5.91 Å². The van der Waals surface area contributed by atoms with Crippen molar-refractivity contribution in [1.82, 2.24) is 5.32 Å². The summed E-state index contributed by atoms with van der Waals surface area (Å²) in [6, 6.07) is 15.0. The Morgan fingerprint density at radius 2 is 1.88 bits per heavy atom. The number of hydrogen-bond donors (Lipinski definition) is 1. The molecule has 1 aliphatic rings. The number of nitrogens with zero attached hydrogens (tertiary/aromatic N) is 2. The van der Waals surface area contributed by atoms with E-state index in [4.69, 9.17) is 17.5 Å². The lowest BCUT2D eigenvalue weighted by atomic mass is 10.1. The van der Waals surface area contributed by atoms with Crippen LogP contribution < -0.4 is 10.2 Å². The number of rotatable bonds is 2. The summed E-state index contributed by atoms with van der Waals surface area (Å²) in [6.07, 6.45) is 1.74. The summed E-state index contributed by atoms with van der Waals surface area (Å²) in [5.41, 5.74) is 4.74. The number of carbonyl (C=O) groups excluding carboxylic acids is 1. The number of amides is 1. The van der Waals surface area contributed by atoms with E-state index >= 15 is 0 Å². The molecule has 4 nitrogen and oxygen atoms in total. The first-order valence-electron chi connectivity index (χ1n) is 7.44. The van der Waals surface area contributed by atoms with Crippen LogP contribution >= 0.6 is 12.2 Å². The maximum Gasteiger partial charge on any atom is 0.281 e. The summed E-state index contributed by atoms with van der Waals surface area (Å²) >= 11 is 5.33. The molecule has 0 bridgehead atoms. The number of thiocarbonyl (C=S) groups is 1. The summed E-state index contributed by atoms with van der Waals surface area (Å²) in [4.78, 5) is 14.2. The fourth-order valence-corrected chi connectivity index (χ4v) is 2.92. The molecule has 1 aliphatic heterocycles. The average Bonchev–Trinajstić information content (AvgIpc) is 2.83. The molecule has 5 heteroatoms. The first kappa shape index (κ1) is 15.9. The fraction of sp³-hybridized carbons (Fsp3) is 0.105. The molecule has 0 aromatic heterocycles. The Bertz CT molecular complexity index is 907. The van der Waals surface area contributed by atoms with Gasteiger partial charge in [0.1, 0.15) is 5.70 Å². The molecule has 0 unspecified atom stereocenters. The molecule has 0 radical (unpaired) electrons. The molecule has 1 amide bonds. The Morgan fingerprint density at radius 1 is 1.17 bits per heavy atom. The maximum atomic E-state index is 12.7. The Labute approximate surface area is 146 Å². The van der Waals surface area contributed by atoms with E-state index in [0.717, 1.165) is 22.4 Å². The predicted octanol–water partition coefficient (Wildman–Crippen LogP) is 3.44. The third kappa shape index (κ3) is 2.92. The molecule has 1 heterocycles. The van der Waals surface area contributed by atoms with Crippen molar-refractivity contribution in [3.05, 3.63) is 70.4 Å². The maximum absolute atomic E-state index is 12.7. The van der Waals surface area contributed by atoms with Crippen molar-refractivity contribution in [2.45, 2.75) is 13.8 Å². The number of nitrogens with one attached hydrogen (secondary N) is 1. The van der Waals surface area contributed by atoms with Crippen molar-refractivity contribution in [1.29, 1.82) is 5.26 Å². The largest absolute Gasteiger partial charge is 0.327 e. The van der Waals surface area contributed by atoms with E-state index < -0.39 is 0 Å². The summed E-state index contributed by atoms with van der Waals surface area (Å²) in [6.45, 7) is 3.97. The van der Waals surface area contributed by atoms with Gasteiger partial charge in [-0.15, -0.1) is 0 Å². The highest BCUT2D eigenvalue weighted by atomic mass is 32.1. The summed E-state index contributed by atoms with van der Waals surface area (Å²) in [7, 11) is 0. The van der Waals surface area contributed by atoms with Gasteiger partial charge in [-0.05, 0) is 61.5 Å². The minimum absolute atomic E-state index is 0.184. The van der Waals surface area contributed by atoms with E-state index in [1.54, 1.807) is 30.3 Å². The Kier molecular flexibility index (Phi) is 4.15. The number of carbonyl (C=O) groups is 1. The minimum Gasteiger partial charge on any atom is -0.327 e. The van der Waals surface area contributed by atoms with Gasteiger partial charge in [-0.3, -0.25) is 9.69 Å². The van der Waals surface area contributed by atoms with Crippen LogP contribution in [0.3, 0.4) is 0 Å². The molecule has 24 heavy (non-hydrogen) atoms. The Morgan fingerprint density at radius 3 is 2.50 bits per heavy atom. The minimum atomic E-state index is -0.184. The van der Waals surface area contributed by atoms with Crippen molar-refractivity contribution < 1.29 is 4.79 Å². The lowest BCUT2D eigenvalue weighted by Gasteiger charge is -2.17. The van der Waals surface area contributed by atoms with Crippen LogP contribution in [-0.2, 0) is 4.79 Å². The van der Waals surface area contributed by atoms with E-state index in [9.17, 15) is 4.79 Å². The number of hydrogen-bond acceptors (Lipinski definition) is 3. The van der Waals surface area contributed by atoms with Gasteiger partial charge in [0.15, 0.2) is 5.11 Å². The highest BCUT2D eigenvalue weighted by molar-refractivity contribution is 7.80. The Balaban J connectivity index is 1.93. The zero-order valence-corrected chi connectivity index (χ0v) is 14.1. The van der Waals surface area contributed by atoms with Crippen LogP contribution in [-0.4, -0.2) is 11.0 Å². The van der Waals surface area contributed by atoms with Crippen molar-refractivity contribution in [2.75, 3.05) is 4.90 Å². The molecule has 0 atom stereocenters. The van der Waals surface area contributed by atoms with Crippen LogP contribution in [0, 0.1) is 25.2 Å². The molecule has 0 saturated carbocycles. The van der Waals surface area contributed by atoms with Crippen LogP contribution in [0.5, 0.6) is 0 Å². The number of aryl methyl sites for hydroxylation is 2. The van der Waals surface area contributed by atoms with E-state index in [2.05, 4.69) is 11.4 Å². The van der Waals surface area contributed by atoms with Gasteiger partial charge < -0.3 is 5.32 Å².